The van der Waals surface area contributed by atoms with E-state index in [1.54, 1.807) is 29.9 Å². The van der Waals surface area contributed by atoms with E-state index in [0.717, 1.165) is 36.7 Å². The van der Waals surface area contributed by atoms with E-state index in [9.17, 15) is 9.18 Å². The number of halogens is 1. The average molecular weight is 437 g/mol. The molecule has 0 saturated carbocycles. The van der Waals surface area contributed by atoms with Crippen molar-refractivity contribution < 1.29 is 9.18 Å². The Morgan fingerprint density at radius 1 is 1.16 bits per heavy atom. The first-order valence-electron chi connectivity index (χ1n) is 11.1. The lowest BCUT2D eigenvalue weighted by molar-refractivity contribution is -0.132. The third kappa shape index (κ3) is 4.64. The van der Waals surface area contributed by atoms with E-state index in [1.807, 2.05) is 23.1 Å². The molecule has 0 N–H and O–H groups in total. The number of piperazine rings is 1. The molecule has 3 aromatic rings. The molecule has 8 heteroatoms. The Hall–Kier alpha value is -3.29. The Morgan fingerprint density at radius 3 is 2.59 bits per heavy atom. The van der Waals surface area contributed by atoms with Gasteiger partial charge in [-0.3, -0.25) is 4.79 Å². The van der Waals surface area contributed by atoms with Crippen LogP contribution in [-0.4, -0.2) is 56.7 Å². The summed E-state index contributed by atoms with van der Waals surface area (Å²) in [6.07, 6.45) is 2.67. The van der Waals surface area contributed by atoms with E-state index in [-0.39, 0.29) is 24.2 Å². The van der Waals surface area contributed by atoms with Gasteiger partial charge in [-0.15, -0.1) is 0 Å². The van der Waals surface area contributed by atoms with E-state index in [4.69, 9.17) is 4.98 Å². The van der Waals surface area contributed by atoms with E-state index in [0.29, 0.717) is 24.5 Å². The van der Waals surface area contributed by atoms with Crippen molar-refractivity contribution in [1.82, 2.24) is 24.6 Å². The molecule has 7 nitrogen and oxygen atoms in total. The Kier molecular flexibility index (Phi) is 6.48. The number of carbonyl (C=O) groups excluding carboxylic acids is 1. The van der Waals surface area contributed by atoms with Crippen molar-refractivity contribution >= 4 is 11.7 Å². The van der Waals surface area contributed by atoms with Crippen LogP contribution in [0.2, 0.25) is 0 Å². The third-order valence-electron chi connectivity index (χ3n) is 6.06. The molecule has 1 aliphatic heterocycles. The van der Waals surface area contributed by atoms with Crippen LogP contribution in [-0.2, 0) is 11.3 Å². The lowest BCUT2D eigenvalue weighted by atomic mass is 10.1. The van der Waals surface area contributed by atoms with Crippen LogP contribution < -0.4 is 4.90 Å². The molecular formula is C24H29FN6O. The van der Waals surface area contributed by atoms with Crippen molar-refractivity contribution in [3.63, 3.8) is 0 Å². The Labute approximate surface area is 187 Å². The first-order chi connectivity index (χ1) is 15.5. The highest BCUT2D eigenvalue weighted by Gasteiger charge is 2.24. The molecule has 2 aromatic heterocycles. The number of nitrogens with zero attached hydrogens (tertiary/aromatic N) is 6. The summed E-state index contributed by atoms with van der Waals surface area (Å²) in [7, 11) is 0. The quantitative estimate of drug-likeness (QED) is 0.590. The van der Waals surface area contributed by atoms with Gasteiger partial charge in [-0.2, -0.15) is 5.10 Å². The molecule has 1 aromatic carbocycles. The molecule has 0 aliphatic carbocycles. The molecule has 1 saturated heterocycles. The van der Waals surface area contributed by atoms with Crippen LogP contribution in [0.3, 0.4) is 0 Å². The largest absolute Gasteiger partial charge is 0.353 e. The number of hydrogen-bond donors (Lipinski definition) is 0. The summed E-state index contributed by atoms with van der Waals surface area (Å²) < 4.78 is 15.4. The molecule has 0 spiro atoms. The van der Waals surface area contributed by atoms with Gasteiger partial charge in [0.1, 0.15) is 24.0 Å². The standard InChI is InChI=1S/C24H29FN6O/c1-4-17(2)24-27-23(19-8-9-20(25)18(3)15-19)28-31(24)16-22(32)30-13-11-29(12-14-30)21-7-5-6-10-26-21/h5-10,15,17H,4,11-14,16H2,1-3H3. The second kappa shape index (κ2) is 9.46. The predicted octanol–water partition coefficient (Wildman–Crippen LogP) is 3.65. The van der Waals surface area contributed by atoms with Gasteiger partial charge < -0.3 is 9.80 Å². The second-order valence-corrected chi connectivity index (χ2v) is 8.28. The highest BCUT2D eigenvalue weighted by Crippen LogP contribution is 2.24. The summed E-state index contributed by atoms with van der Waals surface area (Å²) >= 11 is 0. The second-order valence-electron chi connectivity index (χ2n) is 8.28. The van der Waals surface area contributed by atoms with Crippen molar-refractivity contribution in [3.8, 4) is 11.4 Å². The smallest absolute Gasteiger partial charge is 0.244 e. The first kappa shape index (κ1) is 21.9. The summed E-state index contributed by atoms with van der Waals surface area (Å²) in [4.78, 5) is 26.3. The molecule has 1 unspecified atom stereocenters. The number of carbonyl (C=O) groups is 1. The minimum Gasteiger partial charge on any atom is -0.353 e. The summed E-state index contributed by atoms with van der Waals surface area (Å²) in [5, 5.41) is 4.63. The summed E-state index contributed by atoms with van der Waals surface area (Å²) in [6, 6.07) is 10.7. The summed E-state index contributed by atoms with van der Waals surface area (Å²) in [5.41, 5.74) is 1.30. The maximum atomic E-state index is 13.7. The zero-order chi connectivity index (χ0) is 22.7. The van der Waals surface area contributed by atoms with Crippen LogP contribution in [0.15, 0.2) is 42.6 Å². The minimum absolute atomic E-state index is 0.0296. The van der Waals surface area contributed by atoms with Crippen molar-refractivity contribution in [3.05, 3.63) is 59.8 Å². The van der Waals surface area contributed by atoms with E-state index in [1.165, 1.54) is 6.07 Å². The molecule has 0 bridgehead atoms. The van der Waals surface area contributed by atoms with E-state index < -0.39 is 0 Å². The Balaban J connectivity index is 1.48. The maximum absolute atomic E-state index is 13.7. The molecule has 1 amide bonds. The van der Waals surface area contributed by atoms with Crippen molar-refractivity contribution in [2.24, 2.45) is 0 Å². The van der Waals surface area contributed by atoms with Crippen molar-refractivity contribution in [2.45, 2.75) is 39.7 Å². The number of aryl methyl sites for hydroxylation is 1. The predicted molar refractivity (Wildman–Crippen MR) is 122 cm³/mol. The number of anilines is 1. The van der Waals surface area contributed by atoms with Gasteiger partial charge in [-0.25, -0.2) is 19.0 Å². The SMILES string of the molecule is CCC(C)c1nc(-c2ccc(F)c(C)c2)nn1CC(=O)N1CCN(c2ccccn2)CC1. The fourth-order valence-electron chi connectivity index (χ4n) is 3.88. The van der Waals surface area contributed by atoms with Crippen LogP contribution >= 0.6 is 0 Å². The fraction of sp³-hybridized carbons (Fsp3) is 0.417. The van der Waals surface area contributed by atoms with Gasteiger partial charge in [0.05, 0.1) is 0 Å². The van der Waals surface area contributed by atoms with Crippen LogP contribution in [0.1, 0.15) is 37.6 Å². The first-order valence-corrected chi connectivity index (χ1v) is 11.1. The van der Waals surface area contributed by atoms with Crippen LogP contribution in [0.5, 0.6) is 0 Å². The normalized spacial score (nSPS) is 15.1. The topological polar surface area (TPSA) is 67.2 Å². The summed E-state index contributed by atoms with van der Waals surface area (Å²) in [5.74, 6) is 2.18. The number of hydrogen-bond acceptors (Lipinski definition) is 5. The number of rotatable bonds is 6. The maximum Gasteiger partial charge on any atom is 0.244 e. The molecule has 3 heterocycles. The van der Waals surface area contributed by atoms with Gasteiger partial charge >= 0.3 is 0 Å². The highest BCUT2D eigenvalue weighted by molar-refractivity contribution is 5.76. The number of pyridine rings is 1. The van der Waals surface area contributed by atoms with Gasteiger partial charge in [-0.1, -0.05) is 19.9 Å². The molecular weight excluding hydrogens is 407 g/mol. The zero-order valence-electron chi connectivity index (χ0n) is 18.8. The van der Waals surface area contributed by atoms with Crippen molar-refractivity contribution in [1.29, 1.82) is 0 Å². The molecule has 32 heavy (non-hydrogen) atoms. The number of aromatic nitrogens is 4. The fourth-order valence-corrected chi connectivity index (χ4v) is 3.88. The molecule has 0 radical (unpaired) electrons. The molecule has 168 valence electrons. The summed E-state index contributed by atoms with van der Waals surface area (Å²) in [6.45, 7) is 8.83. The molecule has 1 aliphatic rings. The lowest BCUT2D eigenvalue weighted by Crippen LogP contribution is -2.50. The van der Waals surface area contributed by atoms with Crippen molar-refractivity contribution in [2.75, 3.05) is 31.1 Å². The molecule has 1 atom stereocenters. The van der Waals surface area contributed by atoms with Crippen LogP contribution in [0.4, 0.5) is 10.2 Å². The monoisotopic (exact) mass is 436 g/mol. The molecule has 4 rings (SSSR count). The van der Waals surface area contributed by atoms with Gasteiger partial charge in [0.15, 0.2) is 5.82 Å². The van der Waals surface area contributed by atoms with Crippen LogP contribution in [0, 0.1) is 12.7 Å². The van der Waals surface area contributed by atoms with Gasteiger partial charge in [0.2, 0.25) is 5.91 Å². The van der Waals surface area contributed by atoms with Gasteiger partial charge in [-0.05, 0) is 49.2 Å². The minimum atomic E-state index is -0.254. The van der Waals surface area contributed by atoms with E-state index in [2.05, 4.69) is 28.8 Å². The van der Waals surface area contributed by atoms with Gasteiger partial charge in [0, 0.05) is 43.9 Å². The number of benzene rings is 1. The highest BCUT2D eigenvalue weighted by atomic mass is 19.1. The lowest BCUT2D eigenvalue weighted by Gasteiger charge is -2.35. The average Bonchev–Trinajstić information content (AvgIpc) is 3.24. The third-order valence-corrected chi connectivity index (χ3v) is 6.06. The Morgan fingerprint density at radius 2 is 1.94 bits per heavy atom. The Bertz CT molecular complexity index is 1080. The van der Waals surface area contributed by atoms with Gasteiger partial charge in [0.25, 0.3) is 0 Å². The number of amides is 1. The zero-order valence-corrected chi connectivity index (χ0v) is 18.8. The molecule has 1 fully saturated rings. The van der Waals surface area contributed by atoms with Crippen LogP contribution in [0.25, 0.3) is 11.4 Å². The van der Waals surface area contributed by atoms with E-state index >= 15 is 0 Å².